The lowest BCUT2D eigenvalue weighted by Crippen LogP contribution is -2.26. The number of aliphatic hydroxyl groups is 2. The van der Waals surface area contributed by atoms with Crippen LogP contribution in [0, 0.1) is 6.92 Å². The van der Waals surface area contributed by atoms with E-state index in [-0.39, 0.29) is 6.61 Å². The van der Waals surface area contributed by atoms with Crippen LogP contribution in [0.2, 0.25) is 0 Å². The molecule has 0 saturated heterocycles. The van der Waals surface area contributed by atoms with Crippen molar-refractivity contribution >= 4 is 6.08 Å². The quantitative estimate of drug-likeness (QED) is 0.798. The number of ether oxygens (including phenoxy) is 3. The lowest BCUT2D eigenvalue weighted by atomic mass is 10.0. The predicted molar refractivity (Wildman–Crippen MR) is 99.3 cm³/mol. The molecule has 3 rings (SSSR count). The van der Waals surface area contributed by atoms with Crippen LogP contribution < -0.4 is 9.47 Å². The summed E-state index contributed by atoms with van der Waals surface area (Å²) in [6.45, 7) is 1.57. The summed E-state index contributed by atoms with van der Waals surface area (Å²) in [5, 5.41) is 20.5. The van der Waals surface area contributed by atoms with Gasteiger partial charge in [-0.3, -0.25) is 0 Å². The fourth-order valence-corrected chi connectivity index (χ4v) is 3.21. The first-order valence-electron chi connectivity index (χ1n) is 8.54. The van der Waals surface area contributed by atoms with Crippen LogP contribution in [-0.2, 0) is 11.2 Å². The smallest absolute Gasteiger partial charge is 0.151 e. The van der Waals surface area contributed by atoms with E-state index in [2.05, 4.69) is 0 Å². The highest BCUT2D eigenvalue weighted by Gasteiger charge is 2.26. The molecule has 2 N–H and O–H groups in total. The number of methoxy groups -OCH3 is 2. The Morgan fingerprint density at radius 2 is 1.73 bits per heavy atom. The summed E-state index contributed by atoms with van der Waals surface area (Å²) in [6.07, 6.45) is 0.793. The van der Waals surface area contributed by atoms with E-state index in [1.54, 1.807) is 26.4 Å². The summed E-state index contributed by atoms with van der Waals surface area (Å²) in [5.74, 6) is 1.96. The minimum atomic E-state index is -1.02. The van der Waals surface area contributed by atoms with Gasteiger partial charge in [0.2, 0.25) is 0 Å². The molecule has 0 heterocycles. The number of rotatable bonds is 7. The normalized spacial score (nSPS) is 15.0. The van der Waals surface area contributed by atoms with Gasteiger partial charge in [0.05, 0.1) is 20.8 Å². The van der Waals surface area contributed by atoms with E-state index in [1.165, 1.54) is 5.56 Å². The standard InChI is InChI=1S/C21H24O5/c1-13-18(24-2)10-16(11-19(13)25-3)21(23)20(12-22)26-17-8-14-6-4-5-7-15(14)9-17/h4-8,10-11,20-23H,9,12H2,1-3H3. The van der Waals surface area contributed by atoms with E-state index in [1.807, 2.05) is 37.3 Å². The maximum Gasteiger partial charge on any atom is 0.151 e. The third-order valence-corrected chi connectivity index (χ3v) is 4.69. The first kappa shape index (κ1) is 18.3. The molecule has 0 saturated carbocycles. The molecule has 1 aliphatic carbocycles. The summed E-state index contributed by atoms with van der Waals surface area (Å²) in [7, 11) is 3.14. The summed E-state index contributed by atoms with van der Waals surface area (Å²) < 4.78 is 16.6. The fraction of sp³-hybridized carbons (Fsp3) is 0.333. The lowest BCUT2D eigenvalue weighted by Gasteiger charge is -2.24. The second-order valence-corrected chi connectivity index (χ2v) is 6.32. The maximum absolute atomic E-state index is 10.8. The highest BCUT2D eigenvalue weighted by molar-refractivity contribution is 5.62. The minimum absolute atomic E-state index is 0.312. The predicted octanol–water partition coefficient (Wildman–Crippen LogP) is 3.02. The van der Waals surface area contributed by atoms with Crippen LogP contribution >= 0.6 is 0 Å². The third-order valence-electron chi connectivity index (χ3n) is 4.69. The van der Waals surface area contributed by atoms with Gasteiger partial charge in [-0.05, 0) is 41.8 Å². The molecule has 2 atom stereocenters. The first-order valence-corrected chi connectivity index (χ1v) is 8.54. The van der Waals surface area contributed by atoms with E-state index < -0.39 is 12.2 Å². The van der Waals surface area contributed by atoms with Gasteiger partial charge in [0.25, 0.3) is 0 Å². The summed E-state index contributed by atoms with van der Waals surface area (Å²) >= 11 is 0. The van der Waals surface area contributed by atoms with E-state index in [0.29, 0.717) is 23.5 Å². The van der Waals surface area contributed by atoms with Gasteiger partial charge in [0, 0.05) is 12.0 Å². The van der Waals surface area contributed by atoms with Crippen LogP contribution in [0.4, 0.5) is 0 Å². The number of allylic oxidation sites excluding steroid dienone is 1. The van der Waals surface area contributed by atoms with Gasteiger partial charge in [0.15, 0.2) is 6.10 Å². The zero-order valence-electron chi connectivity index (χ0n) is 15.2. The van der Waals surface area contributed by atoms with E-state index >= 15 is 0 Å². The maximum atomic E-state index is 10.8. The fourth-order valence-electron chi connectivity index (χ4n) is 3.21. The molecule has 0 bridgehead atoms. The van der Waals surface area contributed by atoms with E-state index in [4.69, 9.17) is 14.2 Å². The molecule has 26 heavy (non-hydrogen) atoms. The molecule has 0 fully saturated rings. The molecule has 0 spiro atoms. The molecule has 2 aromatic carbocycles. The van der Waals surface area contributed by atoms with Crippen LogP contribution in [-0.4, -0.2) is 37.1 Å². The summed E-state index contributed by atoms with van der Waals surface area (Å²) in [5.41, 5.74) is 3.69. The van der Waals surface area contributed by atoms with Crippen LogP contribution in [0.1, 0.15) is 28.4 Å². The van der Waals surface area contributed by atoms with Crippen molar-refractivity contribution < 1.29 is 24.4 Å². The van der Waals surface area contributed by atoms with Crippen LogP contribution in [0.25, 0.3) is 6.08 Å². The second-order valence-electron chi connectivity index (χ2n) is 6.32. The Kier molecular flexibility index (Phi) is 5.49. The highest BCUT2D eigenvalue weighted by atomic mass is 16.5. The number of hydrogen-bond acceptors (Lipinski definition) is 5. The van der Waals surface area contributed by atoms with Crippen molar-refractivity contribution in [2.45, 2.75) is 25.6 Å². The Morgan fingerprint density at radius 3 is 2.31 bits per heavy atom. The van der Waals surface area contributed by atoms with E-state index in [9.17, 15) is 10.2 Å². The summed E-state index contributed by atoms with van der Waals surface area (Å²) in [6, 6.07) is 11.5. The van der Waals surface area contributed by atoms with Crippen molar-refractivity contribution in [2.24, 2.45) is 0 Å². The Balaban J connectivity index is 1.81. The molecule has 2 unspecified atom stereocenters. The Labute approximate surface area is 153 Å². The van der Waals surface area contributed by atoms with Crippen LogP contribution in [0.3, 0.4) is 0 Å². The average molecular weight is 356 g/mol. The molecule has 0 aromatic heterocycles. The van der Waals surface area contributed by atoms with Gasteiger partial charge in [-0.1, -0.05) is 24.3 Å². The Morgan fingerprint density at radius 1 is 1.08 bits per heavy atom. The number of benzene rings is 2. The Bertz CT molecular complexity index is 787. The molecule has 0 radical (unpaired) electrons. The van der Waals surface area contributed by atoms with Crippen molar-refractivity contribution in [1.29, 1.82) is 0 Å². The minimum Gasteiger partial charge on any atom is -0.496 e. The van der Waals surface area contributed by atoms with Crippen molar-refractivity contribution in [3.05, 3.63) is 64.4 Å². The van der Waals surface area contributed by atoms with Gasteiger partial charge in [-0.2, -0.15) is 0 Å². The SMILES string of the molecule is COc1cc(C(O)C(CO)OC2=Cc3ccccc3C2)cc(OC)c1C. The number of hydrogen-bond donors (Lipinski definition) is 2. The van der Waals surface area contributed by atoms with Gasteiger partial charge in [-0.15, -0.1) is 0 Å². The molecule has 5 nitrogen and oxygen atoms in total. The first-order chi connectivity index (χ1) is 12.6. The monoisotopic (exact) mass is 356 g/mol. The largest absolute Gasteiger partial charge is 0.496 e. The second kappa shape index (κ2) is 7.81. The van der Waals surface area contributed by atoms with Crippen LogP contribution in [0.15, 0.2) is 42.2 Å². The molecule has 138 valence electrons. The third kappa shape index (κ3) is 3.54. The van der Waals surface area contributed by atoms with Gasteiger partial charge in [0.1, 0.15) is 23.4 Å². The Hall–Kier alpha value is -2.50. The number of aliphatic hydroxyl groups excluding tert-OH is 2. The van der Waals surface area contributed by atoms with Crippen molar-refractivity contribution in [3.63, 3.8) is 0 Å². The molecular formula is C21H24O5. The van der Waals surface area contributed by atoms with Gasteiger partial charge >= 0.3 is 0 Å². The summed E-state index contributed by atoms with van der Waals surface area (Å²) in [4.78, 5) is 0. The van der Waals surface area contributed by atoms with Crippen molar-refractivity contribution in [1.82, 2.24) is 0 Å². The van der Waals surface area contributed by atoms with E-state index in [0.717, 1.165) is 16.9 Å². The van der Waals surface area contributed by atoms with Gasteiger partial charge < -0.3 is 24.4 Å². The topological polar surface area (TPSA) is 68.2 Å². The lowest BCUT2D eigenvalue weighted by molar-refractivity contribution is -0.0356. The van der Waals surface area contributed by atoms with Crippen LogP contribution in [0.5, 0.6) is 11.5 Å². The number of fused-ring (bicyclic) bond motifs is 1. The molecule has 0 aliphatic heterocycles. The average Bonchev–Trinajstić information content (AvgIpc) is 3.08. The molecule has 2 aromatic rings. The molecular weight excluding hydrogens is 332 g/mol. The van der Waals surface area contributed by atoms with Crippen molar-refractivity contribution in [3.8, 4) is 11.5 Å². The van der Waals surface area contributed by atoms with Crippen molar-refractivity contribution in [2.75, 3.05) is 20.8 Å². The molecule has 5 heteroatoms. The molecule has 0 amide bonds. The van der Waals surface area contributed by atoms with Gasteiger partial charge in [-0.25, -0.2) is 0 Å². The highest BCUT2D eigenvalue weighted by Crippen LogP contribution is 2.34. The molecule has 1 aliphatic rings. The zero-order valence-corrected chi connectivity index (χ0v) is 15.2. The zero-order chi connectivity index (χ0) is 18.7.